The summed E-state index contributed by atoms with van der Waals surface area (Å²) in [6.45, 7) is 3.08. The molecule has 1 fully saturated rings. The van der Waals surface area contributed by atoms with Crippen LogP contribution in [-0.2, 0) is 6.54 Å². The third kappa shape index (κ3) is 2.42. The van der Waals surface area contributed by atoms with Crippen LogP contribution < -0.4 is 5.32 Å². The molecular weight excluding hydrogens is 210 g/mol. The first-order valence-corrected chi connectivity index (χ1v) is 6.18. The Balaban J connectivity index is 1.89. The van der Waals surface area contributed by atoms with Crippen molar-refractivity contribution in [3.63, 3.8) is 0 Å². The molecule has 0 bridgehead atoms. The molecule has 0 unspecified atom stereocenters. The van der Waals surface area contributed by atoms with Crippen molar-refractivity contribution in [2.45, 2.75) is 32.4 Å². The third-order valence-electron chi connectivity index (χ3n) is 3.26. The highest BCUT2D eigenvalue weighted by atomic mass is 16.3. The van der Waals surface area contributed by atoms with Gasteiger partial charge in [-0.3, -0.25) is 0 Å². The molecule has 0 spiro atoms. The molecule has 88 valence electrons. The van der Waals surface area contributed by atoms with Crippen molar-refractivity contribution in [1.82, 2.24) is 5.32 Å². The van der Waals surface area contributed by atoms with Crippen LogP contribution in [0.2, 0.25) is 0 Å². The van der Waals surface area contributed by atoms with E-state index < -0.39 is 0 Å². The van der Waals surface area contributed by atoms with E-state index in [4.69, 9.17) is 4.42 Å². The smallest absolute Gasteiger partial charge is 0.0981 e. The highest BCUT2D eigenvalue weighted by molar-refractivity contribution is 5.67. The topological polar surface area (TPSA) is 25.2 Å². The first kappa shape index (κ1) is 10.6. The Morgan fingerprint density at radius 3 is 2.88 bits per heavy atom. The Labute approximate surface area is 102 Å². The van der Waals surface area contributed by atoms with Gasteiger partial charge in [0, 0.05) is 18.2 Å². The lowest BCUT2D eigenvalue weighted by Gasteiger charge is -2.10. The van der Waals surface area contributed by atoms with Gasteiger partial charge in [-0.25, -0.2) is 0 Å². The van der Waals surface area contributed by atoms with E-state index >= 15 is 0 Å². The number of rotatable bonds is 4. The maximum absolute atomic E-state index is 5.18. The van der Waals surface area contributed by atoms with E-state index in [1.807, 2.05) is 12.3 Å². The van der Waals surface area contributed by atoms with Gasteiger partial charge in [0.1, 0.15) is 0 Å². The lowest BCUT2D eigenvalue weighted by Crippen LogP contribution is -2.15. The van der Waals surface area contributed by atoms with Crippen molar-refractivity contribution < 1.29 is 4.42 Å². The predicted octanol–water partition coefficient (Wildman–Crippen LogP) is 3.51. The van der Waals surface area contributed by atoms with Crippen LogP contribution in [0.15, 0.2) is 41.2 Å². The molecule has 1 aromatic heterocycles. The summed E-state index contributed by atoms with van der Waals surface area (Å²) in [5.41, 5.74) is 5.09. The van der Waals surface area contributed by atoms with E-state index in [1.165, 1.54) is 35.1 Å². The summed E-state index contributed by atoms with van der Waals surface area (Å²) in [5, 5.41) is 3.56. The average molecular weight is 227 g/mol. The van der Waals surface area contributed by atoms with Crippen LogP contribution in [0.5, 0.6) is 0 Å². The van der Waals surface area contributed by atoms with Crippen LogP contribution in [0.3, 0.4) is 0 Å². The number of hydrogen-bond acceptors (Lipinski definition) is 2. The molecular formula is C15H17NO. The summed E-state index contributed by atoms with van der Waals surface area (Å²) in [7, 11) is 0. The van der Waals surface area contributed by atoms with Gasteiger partial charge >= 0.3 is 0 Å². The minimum Gasteiger partial charge on any atom is -0.472 e. The normalized spacial score (nSPS) is 15.1. The monoisotopic (exact) mass is 227 g/mol. The van der Waals surface area contributed by atoms with Gasteiger partial charge in [-0.15, -0.1) is 0 Å². The molecule has 2 heteroatoms. The Kier molecular flexibility index (Phi) is 2.73. The summed E-state index contributed by atoms with van der Waals surface area (Å²) >= 11 is 0. The molecule has 17 heavy (non-hydrogen) atoms. The van der Waals surface area contributed by atoms with Crippen LogP contribution in [0.1, 0.15) is 24.0 Å². The summed E-state index contributed by atoms with van der Waals surface area (Å²) in [4.78, 5) is 0. The van der Waals surface area contributed by atoms with Crippen LogP contribution in [-0.4, -0.2) is 6.04 Å². The summed E-state index contributed by atoms with van der Waals surface area (Å²) in [6.07, 6.45) is 6.20. The van der Waals surface area contributed by atoms with Gasteiger partial charge in [-0.2, -0.15) is 0 Å². The first-order chi connectivity index (χ1) is 8.33. The van der Waals surface area contributed by atoms with E-state index in [0.717, 1.165) is 12.6 Å². The molecule has 1 heterocycles. The Morgan fingerprint density at radius 2 is 2.18 bits per heavy atom. The average Bonchev–Trinajstić information content (AvgIpc) is 3.00. The van der Waals surface area contributed by atoms with Gasteiger partial charge in [0.05, 0.1) is 12.5 Å². The zero-order chi connectivity index (χ0) is 11.7. The van der Waals surface area contributed by atoms with E-state index in [2.05, 4.69) is 30.4 Å². The lowest BCUT2D eigenvalue weighted by atomic mass is 9.99. The van der Waals surface area contributed by atoms with E-state index in [1.54, 1.807) is 6.26 Å². The molecule has 0 amide bonds. The molecule has 0 radical (unpaired) electrons. The highest BCUT2D eigenvalue weighted by Crippen LogP contribution is 2.27. The zero-order valence-electron chi connectivity index (χ0n) is 10.1. The van der Waals surface area contributed by atoms with E-state index in [9.17, 15) is 0 Å². The quantitative estimate of drug-likeness (QED) is 0.864. The fourth-order valence-electron chi connectivity index (χ4n) is 2.07. The second-order valence-electron chi connectivity index (χ2n) is 4.83. The zero-order valence-corrected chi connectivity index (χ0v) is 10.1. The molecule has 0 aliphatic heterocycles. The van der Waals surface area contributed by atoms with E-state index in [-0.39, 0.29) is 0 Å². The third-order valence-corrected chi connectivity index (χ3v) is 3.26. The summed E-state index contributed by atoms with van der Waals surface area (Å²) in [5.74, 6) is 0. The van der Waals surface area contributed by atoms with Crippen LogP contribution in [0, 0.1) is 6.92 Å². The van der Waals surface area contributed by atoms with Gasteiger partial charge < -0.3 is 9.73 Å². The van der Waals surface area contributed by atoms with Crippen molar-refractivity contribution in [3.8, 4) is 11.1 Å². The summed E-state index contributed by atoms with van der Waals surface area (Å²) < 4.78 is 5.18. The molecule has 1 N–H and O–H groups in total. The molecule has 3 rings (SSSR count). The number of hydrogen-bond donors (Lipinski definition) is 1. The molecule has 1 saturated carbocycles. The predicted molar refractivity (Wildman–Crippen MR) is 68.7 cm³/mol. The molecule has 1 aliphatic rings. The summed E-state index contributed by atoms with van der Waals surface area (Å²) in [6, 6.07) is 9.39. The van der Waals surface area contributed by atoms with Crippen molar-refractivity contribution in [1.29, 1.82) is 0 Å². The maximum Gasteiger partial charge on any atom is 0.0981 e. The molecule has 1 aliphatic carbocycles. The van der Waals surface area contributed by atoms with Crippen LogP contribution in [0.25, 0.3) is 11.1 Å². The molecule has 0 saturated heterocycles. The second kappa shape index (κ2) is 4.38. The van der Waals surface area contributed by atoms with Crippen molar-refractivity contribution >= 4 is 0 Å². The Morgan fingerprint density at radius 1 is 1.29 bits per heavy atom. The number of furan rings is 1. The van der Waals surface area contributed by atoms with Gasteiger partial charge in [0.15, 0.2) is 0 Å². The van der Waals surface area contributed by atoms with Crippen molar-refractivity contribution in [2.75, 3.05) is 0 Å². The lowest BCUT2D eigenvalue weighted by molar-refractivity contribution is 0.568. The van der Waals surface area contributed by atoms with Gasteiger partial charge in [-0.05, 0) is 37.0 Å². The van der Waals surface area contributed by atoms with Crippen LogP contribution in [0.4, 0.5) is 0 Å². The number of nitrogens with one attached hydrogen (secondary N) is 1. The maximum atomic E-state index is 5.18. The highest BCUT2D eigenvalue weighted by Gasteiger charge is 2.20. The molecule has 0 atom stereocenters. The largest absolute Gasteiger partial charge is 0.472 e. The van der Waals surface area contributed by atoms with Crippen LogP contribution >= 0.6 is 0 Å². The minimum absolute atomic E-state index is 0.744. The van der Waals surface area contributed by atoms with Crippen molar-refractivity contribution in [3.05, 3.63) is 47.9 Å². The van der Waals surface area contributed by atoms with Crippen molar-refractivity contribution in [2.24, 2.45) is 0 Å². The molecule has 1 aromatic carbocycles. The fraction of sp³-hybridized carbons (Fsp3) is 0.333. The van der Waals surface area contributed by atoms with Gasteiger partial charge in [-0.1, -0.05) is 23.8 Å². The van der Waals surface area contributed by atoms with E-state index in [0.29, 0.717) is 0 Å². The van der Waals surface area contributed by atoms with Gasteiger partial charge in [0.25, 0.3) is 0 Å². The number of aryl methyl sites for hydroxylation is 1. The Bertz CT molecular complexity index is 498. The Hall–Kier alpha value is -1.54. The standard InChI is InChI=1S/C15H17NO/c1-11-2-3-12(9-16-14-4-5-14)15(8-11)13-6-7-17-10-13/h2-3,6-8,10,14,16H,4-5,9H2,1H3. The second-order valence-corrected chi connectivity index (χ2v) is 4.83. The molecule has 2 aromatic rings. The first-order valence-electron chi connectivity index (χ1n) is 6.18. The fourth-order valence-corrected chi connectivity index (χ4v) is 2.07. The SMILES string of the molecule is Cc1ccc(CNC2CC2)c(-c2ccoc2)c1. The minimum atomic E-state index is 0.744. The molecule has 2 nitrogen and oxygen atoms in total. The number of benzene rings is 1. The van der Waals surface area contributed by atoms with Gasteiger partial charge in [0.2, 0.25) is 0 Å².